The summed E-state index contributed by atoms with van der Waals surface area (Å²) in [4.78, 5) is 2.32. The van der Waals surface area contributed by atoms with Gasteiger partial charge in [-0.15, -0.1) is 10.2 Å². The van der Waals surface area contributed by atoms with Crippen molar-refractivity contribution in [2.45, 2.75) is 12.5 Å². The number of hydrogen-bond donors (Lipinski definition) is 0. The number of aromatic nitrogens is 3. The Morgan fingerprint density at radius 3 is 2.64 bits per heavy atom. The third kappa shape index (κ3) is 1.26. The Hall–Kier alpha value is -0.900. The molecule has 4 nitrogen and oxygen atoms in total. The first-order valence-corrected chi connectivity index (χ1v) is 3.89. The molecule has 1 aromatic heterocycles. The van der Waals surface area contributed by atoms with Crippen LogP contribution in [0.2, 0.25) is 0 Å². The highest BCUT2D eigenvalue weighted by Gasteiger charge is 2.20. The van der Waals surface area contributed by atoms with Crippen molar-refractivity contribution in [2.75, 3.05) is 20.1 Å². The zero-order valence-corrected chi connectivity index (χ0v) is 6.64. The summed E-state index contributed by atoms with van der Waals surface area (Å²) in [5.74, 6) is 0. The summed E-state index contributed by atoms with van der Waals surface area (Å²) in [7, 11) is 2.14. The molecule has 0 aliphatic carbocycles. The van der Waals surface area contributed by atoms with Crippen LogP contribution in [0, 0.1) is 0 Å². The molecular weight excluding hydrogens is 140 g/mol. The lowest BCUT2D eigenvalue weighted by Gasteiger charge is -2.09. The van der Waals surface area contributed by atoms with E-state index in [-0.39, 0.29) is 0 Å². The van der Waals surface area contributed by atoms with E-state index in [2.05, 4.69) is 26.7 Å². The zero-order chi connectivity index (χ0) is 7.68. The maximum atomic E-state index is 3.79. The number of hydrogen-bond acceptors (Lipinski definition) is 3. The van der Waals surface area contributed by atoms with E-state index in [1.54, 1.807) is 12.7 Å². The van der Waals surface area contributed by atoms with Gasteiger partial charge in [0.15, 0.2) is 0 Å². The maximum Gasteiger partial charge on any atom is 0.119 e. The van der Waals surface area contributed by atoms with E-state index < -0.39 is 0 Å². The lowest BCUT2D eigenvalue weighted by molar-refractivity contribution is 0.392. The fourth-order valence-electron chi connectivity index (χ4n) is 1.55. The quantitative estimate of drug-likeness (QED) is 0.574. The van der Waals surface area contributed by atoms with Crippen LogP contribution in [0.5, 0.6) is 0 Å². The Morgan fingerprint density at radius 2 is 2.09 bits per heavy atom. The molecule has 0 unspecified atom stereocenters. The molecule has 1 fully saturated rings. The highest BCUT2D eigenvalue weighted by Crippen LogP contribution is 2.18. The Morgan fingerprint density at radius 1 is 1.36 bits per heavy atom. The van der Waals surface area contributed by atoms with Crippen LogP contribution in [0.1, 0.15) is 12.5 Å². The molecule has 0 aromatic carbocycles. The van der Waals surface area contributed by atoms with Gasteiger partial charge in [-0.2, -0.15) is 0 Å². The highest BCUT2D eigenvalue weighted by atomic mass is 15.3. The predicted molar refractivity (Wildman–Crippen MR) is 41.2 cm³/mol. The number of nitrogens with zero attached hydrogens (tertiary/aromatic N) is 4. The van der Waals surface area contributed by atoms with Gasteiger partial charge in [0.05, 0.1) is 0 Å². The van der Waals surface area contributed by atoms with Crippen LogP contribution in [0.15, 0.2) is 12.7 Å². The summed E-state index contributed by atoms with van der Waals surface area (Å²) in [6.45, 7) is 2.31. The topological polar surface area (TPSA) is 34.0 Å². The highest BCUT2D eigenvalue weighted by molar-refractivity contribution is 4.80. The van der Waals surface area contributed by atoms with Crippen molar-refractivity contribution < 1.29 is 0 Å². The molecule has 0 bridgehead atoms. The molecule has 0 spiro atoms. The van der Waals surface area contributed by atoms with E-state index in [9.17, 15) is 0 Å². The molecular formula is C7H12N4. The van der Waals surface area contributed by atoms with Crippen LogP contribution in [0.25, 0.3) is 0 Å². The van der Waals surface area contributed by atoms with Gasteiger partial charge in [-0.1, -0.05) is 0 Å². The monoisotopic (exact) mass is 152 g/mol. The molecule has 2 heterocycles. The van der Waals surface area contributed by atoms with Crippen LogP contribution >= 0.6 is 0 Å². The molecule has 11 heavy (non-hydrogen) atoms. The standard InChI is InChI=1S/C7H12N4/c1-10-3-2-7(4-10)11-5-8-9-6-11/h5-7H,2-4H2,1H3/t7-/m1/s1. The SMILES string of the molecule is CN1CC[C@@H](n2cnnc2)C1. The van der Waals surface area contributed by atoms with Crippen LogP contribution in [-0.4, -0.2) is 39.8 Å². The number of likely N-dealkylation sites (tertiary alicyclic amines) is 1. The molecule has 0 radical (unpaired) electrons. The van der Waals surface area contributed by atoms with Crippen molar-refractivity contribution in [1.29, 1.82) is 0 Å². The molecule has 4 heteroatoms. The summed E-state index contributed by atoms with van der Waals surface area (Å²) in [5, 5.41) is 7.57. The van der Waals surface area contributed by atoms with E-state index in [4.69, 9.17) is 0 Å². The molecule has 60 valence electrons. The first-order chi connectivity index (χ1) is 5.36. The predicted octanol–water partition coefficient (Wildman–Crippen LogP) is 0.155. The van der Waals surface area contributed by atoms with Gasteiger partial charge in [-0.05, 0) is 20.0 Å². The molecule has 0 saturated carbocycles. The van der Waals surface area contributed by atoms with Crippen molar-refractivity contribution >= 4 is 0 Å². The van der Waals surface area contributed by atoms with Crippen LogP contribution in [0.3, 0.4) is 0 Å². The van der Waals surface area contributed by atoms with E-state index in [1.165, 1.54) is 13.0 Å². The molecule has 0 amide bonds. The summed E-state index contributed by atoms with van der Waals surface area (Å²) >= 11 is 0. The average molecular weight is 152 g/mol. The summed E-state index contributed by atoms with van der Waals surface area (Å²) in [6.07, 6.45) is 4.81. The van der Waals surface area contributed by atoms with E-state index in [1.807, 2.05) is 0 Å². The van der Waals surface area contributed by atoms with Crippen LogP contribution in [0.4, 0.5) is 0 Å². The lowest BCUT2D eigenvalue weighted by atomic mass is 10.3. The van der Waals surface area contributed by atoms with Gasteiger partial charge in [-0.25, -0.2) is 0 Å². The molecule has 2 rings (SSSR count). The van der Waals surface area contributed by atoms with Gasteiger partial charge >= 0.3 is 0 Å². The van der Waals surface area contributed by atoms with E-state index in [0.717, 1.165) is 6.54 Å². The first-order valence-electron chi connectivity index (χ1n) is 3.89. The smallest absolute Gasteiger partial charge is 0.119 e. The fourth-order valence-corrected chi connectivity index (χ4v) is 1.55. The summed E-state index contributed by atoms with van der Waals surface area (Å²) in [6, 6.07) is 0.593. The Labute approximate surface area is 65.8 Å². The van der Waals surface area contributed by atoms with Gasteiger partial charge in [0, 0.05) is 12.6 Å². The third-order valence-electron chi connectivity index (χ3n) is 2.22. The van der Waals surface area contributed by atoms with E-state index >= 15 is 0 Å². The second kappa shape index (κ2) is 2.62. The van der Waals surface area contributed by atoms with E-state index in [0.29, 0.717) is 6.04 Å². The maximum absolute atomic E-state index is 3.79. The van der Waals surface area contributed by atoms with Crippen molar-refractivity contribution in [3.05, 3.63) is 12.7 Å². The Balaban J connectivity index is 2.08. The summed E-state index contributed by atoms with van der Waals surface area (Å²) < 4.78 is 2.09. The third-order valence-corrected chi connectivity index (χ3v) is 2.22. The normalized spacial score (nSPS) is 26.1. The molecule has 1 atom stereocenters. The lowest BCUT2D eigenvalue weighted by Crippen LogP contribution is -2.15. The second-order valence-corrected chi connectivity index (χ2v) is 3.11. The van der Waals surface area contributed by atoms with Gasteiger partial charge in [0.25, 0.3) is 0 Å². The first kappa shape index (κ1) is 6.79. The van der Waals surface area contributed by atoms with Crippen molar-refractivity contribution in [1.82, 2.24) is 19.7 Å². The van der Waals surface area contributed by atoms with Crippen molar-refractivity contribution in [3.63, 3.8) is 0 Å². The van der Waals surface area contributed by atoms with Gasteiger partial charge in [0.2, 0.25) is 0 Å². The molecule has 1 aliphatic rings. The zero-order valence-electron chi connectivity index (χ0n) is 6.64. The molecule has 1 aromatic rings. The minimum Gasteiger partial charge on any atom is -0.316 e. The minimum atomic E-state index is 0.593. The van der Waals surface area contributed by atoms with Crippen LogP contribution in [-0.2, 0) is 0 Å². The summed E-state index contributed by atoms with van der Waals surface area (Å²) in [5.41, 5.74) is 0. The number of likely N-dealkylation sites (N-methyl/N-ethyl adjacent to an activating group) is 1. The van der Waals surface area contributed by atoms with Gasteiger partial charge < -0.3 is 9.47 Å². The molecule has 1 aliphatic heterocycles. The molecule has 0 N–H and O–H groups in total. The largest absolute Gasteiger partial charge is 0.316 e. The number of rotatable bonds is 1. The van der Waals surface area contributed by atoms with Crippen molar-refractivity contribution in [2.24, 2.45) is 0 Å². The Kier molecular flexibility index (Phi) is 1.62. The molecule has 1 saturated heterocycles. The average Bonchev–Trinajstić information content (AvgIpc) is 2.55. The van der Waals surface area contributed by atoms with Gasteiger partial charge in [-0.3, -0.25) is 0 Å². The second-order valence-electron chi connectivity index (χ2n) is 3.11. The van der Waals surface area contributed by atoms with Crippen molar-refractivity contribution in [3.8, 4) is 0 Å². The van der Waals surface area contributed by atoms with Gasteiger partial charge in [0.1, 0.15) is 12.7 Å². The van der Waals surface area contributed by atoms with Crippen LogP contribution < -0.4 is 0 Å². The Bertz CT molecular complexity index is 218. The fraction of sp³-hybridized carbons (Fsp3) is 0.714. The minimum absolute atomic E-state index is 0.593.